The Morgan fingerprint density at radius 2 is 1.84 bits per heavy atom. The summed E-state index contributed by atoms with van der Waals surface area (Å²) in [5.74, 6) is 1.83. The molecule has 0 radical (unpaired) electrons. The van der Waals surface area contributed by atoms with E-state index in [4.69, 9.17) is 14.2 Å². The van der Waals surface area contributed by atoms with Crippen LogP contribution in [0.3, 0.4) is 0 Å². The largest absolute Gasteiger partial charge is 0.493 e. The molecule has 2 heterocycles. The van der Waals surface area contributed by atoms with E-state index in [-0.39, 0.29) is 18.0 Å². The van der Waals surface area contributed by atoms with Crippen molar-refractivity contribution in [3.05, 3.63) is 29.6 Å². The zero-order valence-electron chi connectivity index (χ0n) is 19.2. The fourth-order valence-corrected chi connectivity index (χ4v) is 4.81. The summed E-state index contributed by atoms with van der Waals surface area (Å²) in [5, 5.41) is 11.5. The third kappa shape index (κ3) is 4.82. The van der Waals surface area contributed by atoms with Gasteiger partial charge in [0.05, 0.1) is 33.6 Å². The molecule has 1 saturated carbocycles. The van der Waals surface area contributed by atoms with Crippen LogP contribution in [0.1, 0.15) is 60.6 Å². The number of carbonyl (C=O) groups is 1. The highest BCUT2D eigenvalue weighted by Crippen LogP contribution is 2.40. The Morgan fingerprint density at radius 1 is 1.06 bits per heavy atom. The van der Waals surface area contributed by atoms with Crippen molar-refractivity contribution in [2.45, 2.75) is 57.2 Å². The molecule has 4 rings (SSSR count). The fraction of sp³-hybridized carbons (Fsp3) is 0.609. The Balaban J connectivity index is 1.42. The number of nitrogens with zero attached hydrogens (tertiary/aromatic N) is 4. The molecule has 1 N–H and O–H groups in total. The summed E-state index contributed by atoms with van der Waals surface area (Å²) in [6, 6.07) is 4.37. The number of hydrogen-bond acceptors (Lipinski definition) is 7. The van der Waals surface area contributed by atoms with Crippen LogP contribution in [0, 0.1) is 0 Å². The summed E-state index contributed by atoms with van der Waals surface area (Å²) in [5.41, 5.74) is 1.44. The van der Waals surface area contributed by atoms with Crippen molar-refractivity contribution >= 4 is 5.91 Å². The molecule has 1 aliphatic carbocycles. The van der Waals surface area contributed by atoms with Gasteiger partial charge in [-0.3, -0.25) is 9.69 Å². The maximum absolute atomic E-state index is 12.5. The third-order valence-corrected chi connectivity index (χ3v) is 6.47. The molecule has 1 amide bonds. The van der Waals surface area contributed by atoms with Crippen molar-refractivity contribution in [3.8, 4) is 17.2 Å². The average molecular weight is 444 g/mol. The van der Waals surface area contributed by atoms with Gasteiger partial charge in [-0.05, 0) is 38.3 Å². The summed E-state index contributed by atoms with van der Waals surface area (Å²) < 4.78 is 18.4. The Labute approximate surface area is 189 Å². The van der Waals surface area contributed by atoms with Crippen LogP contribution in [0.5, 0.6) is 17.2 Å². The topological polar surface area (TPSA) is 90.7 Å². The molecule has 0 spiro atoms. The van der Waals surface area contributed by atoms with Gasteiger partial charge in [0.25, 0.3) is 5.91 Å². The molecule has 1 aromatic heterocycles. The molecule has 1 aromatic carbocycles. The summed E-state index contributed by atoms with van der Waals surface area (Å²) in [7, 11) is 4.88. The van der Waals surface area contributed by atoms with Crippen LogP contribution in [0.25, 0.3) is 0 Å². The van der Waals surface area contributed by atoms with Crippen LogP contribution in [-0.2, 0) is 6.54 Å². The zero-order valence-corrected chi connectivity index (χ0v) is 19.2. The summed E-state index contributed by atoms with van der Waals surface area (Å²) in [4.78, 5) is 14.9. The van der Waals surface area contributed by atoms with Gasteiger partial charge in [0, 0.05) is 24.7 Å². The van der Waals surface area contributed by atoms with E-state index in [1.54, 1.807) is 27.5 Å². The SMILES string of the molecule is COc1ccc(CN2CCC[C@@H](n3cc(C(=O)NC4CCCC4)nn3)C2)c(OC)c1OC. The van der Waals surface area contributed by atoms with Gasteiger partial charge < -0.3 is 19.5 Å². The van der Waals surface area contributed by atoms with Gasteiger partial charge >= 0.3 is 0 Å². The molecule has 0 unspecified atom stereocenters. The summed E-state index contributed by atoms with van der Waals surface area (Å²) in [6.07, 6.45) is 8.31. The number of hydrogen-bond donors (Lipinski definition) is 1. The van der Waals surface area contributed by atoms with Crippen molar-refractivity contribution < 1.29 is 19.0 Å². The molecule has 9 heteroatoms. The molecule has 174 valence electrons. The van der Waals surface area contributed by atoms with Crippen LogP contribution in [0.15, 0.2) is 18.3 Å². The number of carbonyl (C=O) groups excluding carboxylic acids is 1. The first kappa shape index (κ1) is 22.4. The molecular formula is C23H33N5O4. The molecule has 2 fully saturated rings. The van der Waals surface area contributed by atoms with Crippen LogP contribution < -0.4 is 19.5 Å². The molecule has 1 atom stereocenters. The Kier molecular flexibility index (Phi) is 7.14. The predicted octanol–water partition coefficient (Wildman–Crippen LogP) is 2.81. The van der Waals surface area contributed by atoms with E-state index in [0.29, 0.717) is 22.9 Å². The van der Waals surface area contributed by atoms with Crippen molar-refractivity contribution in [2.75, 3.05) is 34.4 Å². The lowest BCUT2D eigenvalue weighted by Gasteiger charge is -2.33. The van der Waals surface area contributed by atoms with E-state index < -0.39 is 0 Å². The Hall–Kier alpha value is -2.81. The van der Waals surface area contributed by atoms with E-state index in [2.05, 4.69) is 20.5 Å². The second kappa shape index (κ2) is 10.2. The minimum Gasteiger partial charge on any atom is -0.493 e. The van der Waals surface area contributed by atoms with E-state index in [9.17, 15) is 4.79 Å². The van der Waals surface area contributed by atoms with Gasteiger partial charge in [-0.15, -0.1) is 5.10 Å². The number of methoxy groups -OCH3 is 3. The van der Waals surface area contributed by atoms with Gasteiger partial charge in [0.1, 0.15) is 0 Å². The number of rotatable bonds is 8. The molecule has 1 aliphatic heterocycles. The highest BCUT2D eigenvalue weighted by Gasteiger charge is 2.26. The maximum Gasteiger partial charge on any atom is 0.273 e. The number of aromatic nitrogens is 3. The second-order valence-corrected chi connectivity index (χ2v) is 8.56. The smallest absolute Gasteiger partial charge is 0.273 e. The monoisotopic (exact) mass is 443 g/mol. The predicted molar refractivity (Wildman–Crippen MR) is 119 cm³/mol. The van der Waals surface area contributed by atoms with Gasteiger partial charge in [-0.1, -0.05) is 24.1 Å². The number of amides is 1. The third-order valence-electron chi connectivity index (χ3n) is 6.47. The first-order valence-corrected chi connectivity index (χ1v) is 11.4. The molecule has 9 nitrogen and oxygen atoms in total. The second-order valence-electron chi connectivity index (χ2n) is 8.56. The first-order chi connectivity index (χ1) is 15.6. The summed E-state index contributed by atoms with van der Waals surface area (Å²) in [6.45, 7) is 2.53. The Morgan fingerprint density at radius 3 is 2.56 bits per heavy atom. The minimum absolute atomic E-state index is 0.120. The van der Waals surface area contributed by atoms with Gasteiger partial charge in [-0.25, -0.2) is 4.68 Å². The normalized spacial score (nSPS) is 19.7. The van der Waals surface area contributed by atoms with Gasteiger partial charge in [0.2, 0.25) is 5.75 Å². The number of ether oxygens (including phenoxy) is 3. The van der Waals surface area contributed by atoms with Crippen molar-refractivity contribution in [1.82, 2.24) is 25.2 Å². The van der Waals surface area contributed by atoms with Gasteiger partial charge in [0.15, 0.2) is 17.2 Å². The molecule has 0 bridgehead atoms. The lowest BCUT2D eigenvalue weighted by Crippen LogP contribution is -2.36. The molecule has 1 saturated heterocycles. The maximum atomic E-state index is 12.5. The standard InChI is InChI=1S/C23H33N5O4/c1-30-20-11-10-16(21(31-2)22(20)32-3)13-27-12-6-9-18(14-27)28-15-19(25-26-28)23(29)24-17-7-4-5-8-17/h10-11,15,17-18H,4-9,12-14H2,1-3H3,(H,24,29)/t18-/m1/s1. The van der Waals surface area contributed by atoms with Crippen molar-refractivity contribution in [2.24, 2.45) is 0 Å². The van der Waals surface area contributed by atoms with E-state index in [0.717, 1.165) is 50.9 Å². The molecule has 32 heavy (non-hydrogen) atoms. The minimum atomic E-state index is -0.120. The molecule has 2 aromatic rings. The average Bonchev–Trinajstić information content (AvgIpc) is 3.51. The molecule has 2 aliphatic rings. The van der Waals surface area contributed by atoms with Crippen molar-refractivity contribution in [1.29, 1.82) is 0 Å². The van der Waals surface area contributed by atoms with Crippen LogP contribution >= 0.6 is 0 Å². The first-order valence-electron chi connectivity index (χ1n) is 11.4. The van der Waals surface area contributed by atoms with Gasteiger partial charge in [-0.2, -0.15) is 0 Å². The van der Waals surface area contributed by atoms with Crippen LogP contribution in [-0.4, -0.2) is 66.3 Å². The number of benzene rings is 1. The lowest BCUT2D eigenvalue weighted by atomic mass is 10.0. The summed E-state index contributed by atoms with van der Waals surface area (Å²) >= 11 is 0. The number of nitrogens with one attached hydrogen (secondary N) is 1. The van der Waals surface area contributed by atoms with Crippen molar-refractivity contribution in [3.63, 3.8) is 0 Å². The fourth-order valence-electron chi connectivity index (χ4n) is 4.81. The van der Waals surface area contributed by atoms with E-state index >= 15 is 0 Å². The van der Waals surface area contributed by atoms with Crippen LogP contribution in [0.4, 0.5) is 0 Å². The lowest BCUT2D eigenvalue weighted by molar-refractivity contribution is 0.0932. The highest BCUT2D eigenvalue weighted by atomic mass is 16.5. The zero-order chi connectivity index (χ0) is 22.5. The van der Waals surface area contributed by atoms with E-state index in [1.807, 2.05) is 16.8 Å². The van der Waals surface area contributed by atoms with Crippen LogP contribution in [0.2, 0.25) is 0 Å². The highest BCUT2D eigenvalue weighted by molar-refractivity contribution is 5.92. The van der Waals surface area contributed by atoms with E-state index in [1.165, 1.54) is 12.8 Å². The Bertz CT molecular complexity index is 925. The molecular weight excluding hydrogens is 410 g/mol. The number of likely N-dealkylation sites (tertiary alicyclic amines) is 1. The number of piperidine rings is 1. The quantitative estimate of drug-likeness (QED) is 0.671.